The summed E-state index contributed by atoms with van der Waals surface area (Å²) < 4.78 is 5.11. The van der Waals surface area contributed by atoms with Crippen molar-refractivity contribution in [2.45, 2.75) is 20.4 Å². The molecule has 2 rings (SSSR count). The molecular weight excluding hydrogens is 276 g/mol. The summed E-state index contributed by atoms with van der Waals surface area (Å²) in [4.78, 5) is 21.2. The number of nitrogens with one attached hydrogen (secondary N) is 1. The molecule has 2 N–H and O–H groups in total. The van der Waals surface area contributed by atoms with Gasteiger partial charge in [0.05, 0.1) is 11.5 Å². The summed E-state index contributed by atoms with van der Waals surface area (Å²) in [5.74, 6) is -0.836. The lowest BCUT2D eigenvalue weighted by molar-refractivity contribution is -0.385. The topological polar surface area (TPSA) is 106 Å². The molecule has 7 heteroatoms. The predicted molar refractivity (Wildman–Crippen MR) is 75.6 cm³/mol. The molecule has 0 aliphatic heterocycles. The van der Waals surface area contributed by atoms with Gasteiger partial charge < -0.3 is 14.8 Å². The summed E-state index contributed by atoms with van der Waals surface area (Å²) in [6.45, 7) is 3.76. The number of furan rings is 1. The summed E-state index contributed by atoms with van der Waals surface area (Å²) in [5, 5.41) is 22.7. The van der Waals surface area contributed by atoms with Crippen molar-refractivity contribution in [3.63, 3.8) is 0 Å². The largest absolute Gasteiger partial charge is 0.475 e. The molecule has 0 saturated carbocycles. The highest BCUT2D eigenvalue weighted by atomic mass is 16.6. The van der Waals surface area contributed by atoms with E-state index in [1.165, 1.54) is 12.1 Å². The van der Waals surface area contributed by atoms with Crippen LogP contribution >= 0.6 is 0 Å². The van der Waals surface area contributed by atoms with Gasteiger partial charge in [-0.3, -0.25) is 10.1 Å². The van der Waals surface area contributed by atoms with Gasteiger partial charge in [0.25, 0.3) is 5.69 Å². The number of carbonyl (C=O) groups is 1. The molecule has 0 saturated heterocycles. The second-order valence-corrected chi connectivity index (χ2v) is 4.64. The SMILES string of the molecule is Cc1cc(C)c([N+](=O)[O-])cc1NCc1ccc(C(=O)O)o1. The third-order valence-corrected chi connectivity index (χ3v) is 3.07. The Morgan fingerprint density at radius 3 is 2.62 bits per heavy atom. The van der Waals surface area contributed by atoms with Crippen molar-refractivity contribution in [3.8, 4) is 0 Å². The first-order valence-corrected chi connectivity index (χ1v) is 6.20. The maximum atomic E-state index is 10.9. The lowest BCUT2D eigenvalue weighted by atomic mass is 10.1. The Hall–Kier alpha value is -2.83. The van der Waals surface area contributed by atoms with Crippen LogP contribution in [0.5, 0.6) is 0 Å². The van der Waals surface area contributed by atoms with E-state index >= 15 is 0 Å². The number of rotatable bonds is 5. The minimum absolute atomic E-state index is 0.0359. The Balaban J connectivity index is 2.17. The van der Waals surface area contributed by atoms with Crippen LogP contribution in [0.2, 0.25) is 0 Å². The van der Waals surface area contributed by atoms with Crippen molar-refractivity contribution < 1.29 is 19.2 Å². The van der Waals surface area contributed by atoms with Crippen LogP contribution in [0.15, 0.2) is 28.7 Å². The molecule has 0 bridgehead atoms. The van der Waals surface area contributed by atoms with Crippen LogP contribution in [-0.4, -0.2) is 16.0 Å². The van der Waals surface area contributed by atoms with Gasteiger partial charge in [-0.05, 0) is 37.6 Å². The average molecular weight is 290 g/mol. The van der Waals surface area contributed by atoms with Gasteiger partial charge in [0.1, 0.15) is 5.76 Å². The number of nitro benzene ring substituents is 1. The van der Waals surface area contributed by atoms with E-state index < -0.39 is 10.9 Å². The number of aryl methyl sites for hydroxylation is 2. The maximum absolute atomic E-state index is 10.9. The Kier molecular flexibility index (Phi) is 3.93. The number of hydrogen-bond acceptors (Lipinski definition) is 5. The van der Waals surface area contributed by atoms with Gasteiger partial charge in [-0.15, -0.1) is 0 Å². The third kappa shape index (κ3) is 3.19. The number of carboxylic acids is 1. The zero-order valence-corrected chi connectivity index (χ0v) is 11.5. The highest BCUT2D eigenvalue weighted by molar-refractivity contribution is 5.84. The number of benzene rings is 1. The van der Waals surface area contributed by atoms with Crippen molar-refractivity contribution in [2.75, 3.05) is 5.32 Å². The normalized spacial score (nSPS) is 10.4. The van der Waals surface area contributed by atoms with Gasteiger partial charge in [-0.1, -0.05) is 0 Å². The summed E-state index contributed by atoms with van der Waals surface area (Å²) in [6, 6.07) is 6.11. The lowest BCUT2D eigenvalue weighted by Gasteiger charge is -2.09. The molecule has 0 fully saturated rings. The first kappa shape index (κ1) is 14.6. The fraction of sp³-hybridized carbons (Fsp3) is 0.214. The molecule has 110 valence electrons. The van der Waals surface area contributed by atoms with Crippen LogP contribution in [0.4, 0.5) is 11.4 Å². The Morgan fingerprint density at radius 1 is 1.33 bits per heavy atom. The molecule has 1 aromatic heterocycles. The monoisotopic (exact) mass is 290 g/mol. The molecule has 7 nitrogen and oxygen atoms in total. The average Bonchev–Trinajstić information content (AvgIpc) is 2.86. The van der Waals surface area contributed by atoms with Gasteiger partial charge in [0.15, 0.2) is 0 Å². The van der Waals surface area contributed by atoms with Gasteiger partial charge in [0.2, 0.25) is 5.76 Å². The zero-order chi connectivity index (χ0) is 15.6. The summed E-state index contributed by atoms with van der Waals surface area (Å²) in [6.07, 6.45) is 0. The first-order valence-electron chi connectivity index (χ1n) is 6.20. The molecule has 2 aromatic rings. The zero-order valence-electron chi connectivity index (χ0n) is 11.5. The van der Waals surface area contributed by atoms with Crippen LogP contribution in [0, 0.1) is 24.0 Å². The quantitative estimate of drug-likeness (QED) is 0.647. The third-order valence-electron chi connectivity index (χ3n) is 3.07. The molecule has 1 aromatic carbocycles. The molecule has 0 unspecified atom stereocenters. The smallest absolute Gasteiger partial charge is 0.371 e. The van der Waals surface area contributed by atoms with Crippen LogP contribution in [0.25, 0.3) is 0 Å². The van der Waals surface area contributed by atoms with E-state index in [9.17, 15) is 14.9 Å². The number of nitro groups is 1. The Bertz CT molecular complexity index is 705. The number of nitrogens with zero attached hydrogens (tertiary/aromatic N) is 1. The highest BCUT2D eigenvalue weighted by Crippen LogP contribution is 2.26. The molecular formula is C14H14N2O5. The van der Waals surface area contributed by atoms with E-state index in [4.69, 9.17) is 9.52 Å². The van der Waals surface area contributed by atoms with E-state index in [2.05, 4.69) is 5.32 Å². The summed E-state index contributed by atoms with van der Waals surface area (Å²) >= 11 is 0. The van der Waals surface area contributed by atoms with Gasteiger partial charge >= 0.3 is 5.97 Å². The van der Waals surface area contributed by atoms with E-state index in [1.54, 1.807) is 19.1 Å². The fourth-order valence-corrected chi connectivity index (χ4v) is 2.00. The van der Waals surface area contributed by atoms with Crippen LogP contribution in [0.3, 0.4) is 0 Å². The second kappa shape index (κ2) is 5.66. The van der Waals surface area contributed by atoms with E-state index in [0.717, 1.165) is 5.56 Å². The van der Waals surface area contributed by atoms with Crippen LogP contribution in [-0.2, 0) is 6.54 Å². The van der Waals surface area contributed by atoms with E-state index in [1.807, 2.05) is 6.92 Å². The minimum Gasteiger partial charge on any atom is -0.475 e. The Labute approximate surface area is 120 Å². The van der Waals surface area contributed by atoms with Crippen molar-refractivity contribution in [3.05, 3.63) is 57.0 Å². The minimum atomic E-state index is -1.14. The van der Waals surface area contributed by atoms with Crippen molar-refractivity contribution >= 4 is 17.3 Å². The Morgan fingerprint density at radius 2 is 2.05 bits per heavy atom. The van der Waals surface area contributed by atoms with Crippen molar-refractivity contribution in [2.24, 2.45) is 0 Å². The summed E-state index contributed by atoms with van der Waals surface area (Å²) in [5.41, 5.74) is 2.10. The predicted octanol–water partition coefficient (Wildman–Crippen LogP) is 3.11. The van der Waals surface area contributed by atoms with Gasteiger partial charge in [0, 0.05) is 17.3 Å². The van der Waals surface area contributed by atoms with E-state index in [0.29, 0.717) is 17.0 Å². The number of hydrogen-bond donors (Lipinski definition) is 2. The van der Waals surface area contributed by atoms with Crippen molar-refractivity contribution in [1.29, 1.82) is 0 Å². The van der Waals surface area contributed by atoms with Gasteiger partial charge in [-0.2, -0.15) is 0 Å². The molecule has 21 heavy (non-hydrogen) atoms. The highest BCUT2D eigenvalue weighted by Gasteiger charge is 2.14. The molecule has 0 radical (unpaired) electrons. The van der Waals surface area contributed by atoms with Crippen LogP contribution < -0.4 is 5.32 Å². The number of aromatic carboxylic acids is 1. The molecule has 0 aliphatic rings. The standard InChI is InChI=1S/C14H14N2O5/c1-8-5-9(2)12(16(19)20)6-11(8)15-7-10-3-4-13(21-10)14(17)18/h3-6,15H,7H2,1-2H3,(H,17,18). The van der Waals surface area contributed by atoms with Crippen molar-refractivity contribution in [1.82, 2.24) is 0 Å². The number of anilines is 1. The van der Waals surface area contributed by atoms with E-state index in [-0.39, 0.29) is 18.0 Å². The molecule has 0 amide bonds. The lowest BCUT2D eigenvalue weighted by Crippen LogP contribution is -2.02. The molecule has 0 aliphatic carbocycles. The molecule has 1 heterocycles. The fourth-order valence-electron chi connectivity index (χ4n) is 2.00. The van der Waals surface area contributed by atoms with Gasteiger partial charge in [-0.25, -0.2) is 4.79 Å². The second-order valence-electron chi connectivity index (χ2n) is 4.64. The maximum Gasteiger partial charge on any atom is 0.371 e. The molecule has 0 spiro atoms. The summed E-state index contributed by atoms with van der Waals surface area (Å²) in [7, 11) is 0. The van der Waals surface area contributed by atoms with Crippen LogP contribution in [0.1, 0.15) is 27.4 Å². The first-order chi connectivity index (χ1) is 9.88. The number of carboxylic acid groups (broad SMARTS) is 1. The molecule has 0 atom stereocenters.